The van der Waals surface area contributed by atoms with Gasteiger partial charge in [-0.2, -0.15) is 5.26 Å². The molecule has 0 saturated heterocycles. The maximum atomic E-state index is 8.98. The molecule has 0 fully saturated rings. The minimum atomic E-state index is -0.123. The highest BCUT2D eigenvalue weighted by atomic mass is 14.6. The van der Waals surface area contributed by atoms with E-state index in [0.717, 1.165) is 11.1 Å². The summed E-state index contributed by atoms with van der Waals surface area (Å²) in [5, 5.41) is 8.98. The standard InChI is InChI=1S/C12H14N2/c1-3-5-12(14)10-7-4-6-9(2)11(10)8-13/h3-4,6-7,12H,1,5,14H2,2H3/t12-/m1/s1. The first-order valence-electron chi connectivity index (χ1n) is 4.56. The highest BCUT2D eigenvalue weighted by molar-refractivity contribution is 5.45. The Labute approximate surface area is 84.7 Å². The van der Waals surface area contributed by atoms with E-state index < -0.39 is 0 Å². The lowest BCUT2D eigenvalue weighted by atomic mass is 9.96. The van der Waals surface area contributed by atoms with E-state index in [1.807, 2.05) is 25.1 Å². The minimum absolute atomic E-state index is 0.123. The topological polar surface area (TPSA) is 49.8 Å². The van der Waals surface area contributed by atoms with E-state index in [9.17, 15) is 0 Å². The molecule has 1 atom stereocenters. The molecule has 2 heteroatoms. The molecule has 1 rings (SSSR count). The Kier molecular flexibility index (Phi) is 3.44. The van der Waals surface area contributed by atoms with Gasteiger partial charge in [0, 0.05) is 6.04 Å². The molecule has 72 valence electrons. The van der Waals surface area contributed by atoms with E-state index in [0.29, 0.717) is 12.0 Å². The molecule has 0 radical (unpaired) electrons. The van der Waals surface area contributed by atoms with E-state index in [1.165, 1.54) is 0 Å². The molecule has 0 spiro atoms. The molecule has 0 amide bonds. The maximum Gasteiger partial charge on any atom is 0.0997 e. The molecular formula is C12H14N2. The van der Waals surface area contributed by atoms with Gasteiger partial charge in [-0.25, -0.2) is 0 Å². The molecule has 0 bridgehead atoms. The van der Waals surface area contributed by atoms with Gasteiger partial charge in [0.1, 0.15) is 0 Å². The van der Waals surface area contributed by atoms with Crippen molar-refractivity contribution in [2.45, 2.75) is 19.4 Å². The van der Waals surface area contributed by atoms with Gasteiger partial charge < -0.3 is 5.73 Å². The van der Waals surface area contributed by atoms with Crippen molar-refractivity contribution in [2.75, 3.05) is 0 Å². The lowest BCUT2D eigenvalue weighted by Crippen LogP contribution is -2.11. The first-order chi connectivity index (χ1) is 6.70. The van der Waals surface area contributed by atoms with E-state index in [4.69, 9.17) is 11.0 Å². The van der Waals surface area contributed by atoms with Crippen LogP contribution in [0.25, 0.3) is 0 Å². The first-order valence-corrected chi connectivity index (χ1v) is 4.56. The molecule has 0 saturated carbocycles. The maximum absolute atomic E-state index is 8.98. The van der Waals surface area contributed by atoms with Crippen LogP contribution in [0.3, 0.4) is 0 Å². The van der Waals surface area contributed by atoms with Crippen molar-refractivity contribution in [3.05, 3.63) is 47.5 Å². The van der Waals surface area contributed by atoms with E-state index in [1.54, 1.807) is 6.08 Å². The van der Waals surface area contributed by atoms with Crippen LogP contribution in [-0.4, -0.2) is 0 Å². The summed E-state index contributed by atoms with van der Waals surface area (Å²) in [6, 6.07) is 7.81. The van der Waals surface area contributed by atoms with Crippen LogP contribution in [0.5, 0.6) is 0 Å². The summed E-state index contributed by atoms with van der Waals surface area (Å²) in [5.74, 6) is 0. The van der Waals surface area contributed by atoms with Crippen molar-refractivity contribution in [3.8, 4) is 6.07 Å². The third kappa shape index (κ3) is 2.01. The van der Waals surface area contributed by atoms with Crippen molar-refractivity contribution in [2.24, 2.45) is 5.73 Å². The van der Waals surface area contributed by atoms with Crippen molar-refractivity contribution in [1.29, 1.82) is 5.26 Å². The zero-order chi connectivity index (χ0) is 10.6. The van der Waals surface area contributed by atoms with Gasteiger partial charge in [0.05, 0.1) is 11.6 Å². The molecule has 0 heterocycles. The number of rotatable bonds is 3. The van der Waals surface area contributed by atoms with Crippen LogP contribution in [0.15, 0.2) is 30.9 Å². The fraction of sp³-hybridized carbons (Fsp3) is 0.250. The predicted octanol–water partition coefficient (Wildman–Crippen LogP) is 2.44. The zero-order valence-electron chi connectivity index (χ0n) is 8.33. The van der Waals surface area contributed by atoms with Crippen molar-refractivity contribution < 1.29 is 0 Å². The second kappa shape index (κ2) is 4.59. The third-order valence-corrected chi connectivity index (χ3v) is 2.24. The highest BCUT2D eigenvalue weighted by Crippen LogP contribution is 2.21. The highest BCUT2D eigenvalue weighted by Gasteiger charge is 2.10. The van der Waals surface area contributed by atoms with Crippen molar-refractivity contribution >= 4 is 0 Å². The van der Waals surface area contributed by atoms with Crippen LogP contribution in [0.1, 0.15) is 29.2 Å². The predicted molar refractivity (Wildman–Crippen MR) is 57.6 cm³/mol. The Hall–Kier alpha value is -1.59. The van der Waals surface area contributed by atoms with E-state index in [-0.39, 0.29) is 6.04 Å². The van der Waals surface area contributed by atoms with Gasteiger partial charge in [-0.15, -0.1) is 6.58 Å². The fourth-order valence-electron chi connectivity index (χ4n) is 1.46. The molecule has 0 aliphatic rings. The number of nitrogens with two attached hydrogens (primary N) is 1. The Morgan fingerprint density at radius 3 is 2.93 bits per heavy atom. The smallest absolute Gasteiger partial charge is 0.0997 e. The number of hydrogen-bond acceptors (Lipinski definition) is 2. The Morgan fingerprint density at radius 1 is 1.64 bits per heavy atom. The summed E-state index contributed by atoms with van der Waals surface area (Å²) in [4.78, 5) is 0. The molecule has 0 unspecified atom stereocenters. The van der Waals surface area contributed by atoms with Crippen LogP contribution in [-0.2, 0) is 0 Å². The average molecular weight is 186 g/mol. The molecule has 0 aromatic heterocycles. The monoisotopic (exact) mass is 186 g/mol. The molecule has 2 nitrogen and oxygen atoms in total. The van der Waals surface area contributed by atoms with Crippen LogP contribution in [0.2, 0.25) is 0 Å². The van der Waals surface area contributed by atoms with Crippen LogP contribution in [0.4, 0.5) is 0 Å². The molecule has 2 N–H and O–H groups in total. The van der Waals surface area contributed by atoms with Gasteiger partial charge >= 0.3 is 0 Å². The first kappa shape index (κ1) is 10.5. The summed E-state index contributed by atoms with van der Waals surface area (Å²) in [6.07, 6.45) is 2.46. The van der Waals surface area contributed by atoms with Gasteiger partial charge in [-0.3, -0.25) is 0 Å². The number of benzene rings is 1. The van der Waals surface area contributed by atoms with Crippen molar-refractivity contribution in [3.63, 3.8) is 0 Å². The summed E-state index contributed by atoms with van der Waals surface area (Å²) in [5.41, 5.74) is 8.51. The Morgan fingerprint density at radius 2 is 2.36 bits per heavy atom. The van der Waals surface area contributed by atoms with Crippen LogP contribution >= 0.6 is 0 Å². The van der Waals surface area contributed by atoms with Gasteiger partial charge in [-0.05, 0) is 24.5 Å². The molecule has 14 heavy (non-hydrogen) atoms. The number of aryl methyl sites for hydroxylation is 1. The van der Waals surface area contributed by atoms with E-state index in [2.05, 4.69) is 12.6 Å². The summed E-state index contributed by atoms with van der Waals surface area (Å²) in [6.45, 7) is 5.56. The molecule has 1 aromatic carbocycles. The van der Waals surface area contributed by atoms with Crippen LogP contribution < -0.4 is 5.73 Å². The lowest BCUT2D eigenvalue weighted by Gasteiger charge is -2.12. The largest absolute Gasteiger partial charge is 0.324 e. The third-order valence-electron chi connectivity index (χ3n) is 2.24. The van der Waals surface area contributed by atoms with Gasteiger partial charge in [0.25, 0.3) is 0 Å². The van der Waals surface area contributed by atoms with Crippen LogP contribution in [0, 0.1) is 18.3 Å². The summed E-state index contributed by atoms with van der Waals surface area (Å²) in [7, 11) is 0. The molecule has 0 aliphatic heterocycles. The molecule has 0 aliphatic carbocycles. The number of nitriles is 1. The van der Waals surface area contributed by atoms with Gasteiger partial charge in [-0.1, -0.05) is 24.3 Å². The fourth-order valence-corrected chi connectivity index (χ4v) is 1.46. The molecular weight excluding hydrogens is 172 g/mol. The average Bonchev–Trinajstić information content (AvgIpc) is 2.17. The zero-order valence-corrected chi connectivity index (χ0v) is 8.33. The summed E-state index contributed by atoms with van der Waals surface area (Å²) < 4.78 is 0. The van der Waals surface area contributed by atoms with Gasteiger partial charge in [0.2, 0.25) is 0 Å². The molecule has 1 aromatic rings. The SMILES string of the molecule is C=CC[C@@H](N)c1cccc(C)c1C#N. The number of hydrogen-bond donors (Lipinski definition) is 1. The lowest BCUT2D eigenvalue weighted by molar-refractivity contribution is 0.738. The Bertz CT molecular complexity index is 374. The second-order valence-electron chi connectivity index (χ2n) is 3.28. The minimum Gasteiger partial charge on any atom is -0.324 e. The normalized spacial score (nSPS) is 11.8. The quantitative estimate of drug-likeness (QED) is 0.737. The Balaban J connectivity index is 3.14. The number of nitrogens with zero attached hydrogens (tertiary/aromatic N) is 1. The van der Waals surface area contributed by atoms with Gasteiger partial charge in [0.15, 0.2) is 0 Å². The van der Waals surface area contributed by atoms with E-state index >= 15 is 0 Å². The van der Waals surface area contributed by atoms with Crippen molar-refractivity contribution in [1.82, 2.24) is 0 Å². The second-order valence-corrected chi connectivity index (χ2v) is 3.28. The summed E-state index contributed by atoms with van der Waals surface area (Å²) >= 11 is 0.